The lowest BCUT2D eigenvalue weighted by Crippen LogP contribution is -2.38. The minimum atomic E-state index is -4.84. The van der Waals surface area contributed by atoms with Crippen molar-refractivity contribution in [1.82, 2.24) is 4.98 Å². The van der Waals surface area contributed by atoms with Crippen LogP contribution >= 0.6 is 11.3 Å². The number of benzene rings is 2. The second-order valence-corrected chi connectivity index (χ2v) is 9.44. The van der Waals surface area contributed by atoms with E-state index in [1.54, 1.807) is 17.0 Å². The summed E-state index contributed by atoms with van der Waals surface area (Å²) in [5, 5.41) is 11.2. The fourth-order valence-corrected chi connectivity index (χ4v) is 4.97. The molecule has 1 fully saturated rings. The Kier molecular flexibility index (Phi) is 6.85. The van der Waals surface area contributed by atoms with Crippen LogP contribution in [-0.4, -0.2) is 49.2 Å². The lowest BCUT2D eigenvalue weighted by molar-refractivity contribution is -0.383. The fourth-order valence-electron chi connectivity index (χ4n) is 3.86. The third kappa shape index (κ3) is 5.25. The molecule has 0 amide bonds. The molecular formula is C23H21F3N4O5S. The zero-order valence-corrected chi connectivity index (χ0v) is 20.1. The Labute approximate surface area is 206 Å². The molecule has 0 atom stereocenters. The van der Waals surface area contributed by atoms with Gasteiger partial charge in [-0.15, -0.1) is 0 Å². The number of aromatic nitrogens is 1. The summed E-state index contributed by atoms with van der Waals surface area (Å²) in [5.41, 5.74) is -1.68. The van der Waals surface area contributed by atoms with Gasteiger partial charge in [0.2, 0.25) is 0 Å². The van der Waals surface area contributed by atoms with Gasteiger partial charge in [-0.25, -0.2) is 4.79 Å². The number of hydrogen-bond acceptors (Lipinski definition) is 9. The summed E-state index contributed by atoms with van der Waals surface area (Å²) in [6.45, 7) is 0.695. The van der Waals surface area contributed by atoms with Crippen LogP contribution in [0.1, 0.15) is 28.8 Å². The number of hydrogen-bond donors (Lipinski definition) is 0. The van der Waals surface area contributed by atoms with Crippen molar-refractivity contribution in [2.75, 3.05) is 37.0 Å². The van der Waals surface area contributed by atoms with Gasteiger partial charge in [-0.1, -0.05) is 11.3 Å². The first-order chi connectivity index (χ1) is 16.9. The highest BCUT2D eigenvalue weighted by Crippen LogP contribution is 2.38. The molecule has 190 valence electrons. The summed E-state index contributed by atoms with van der Waals surface area (Å²) in [5.74, 6) is -0.455. The van der Waals surface area contributed by atoms with E-state index in [1.807, 2.05) is 31.1 Å². The molecule has 1 aliphatic heterocycles. The quantitative estimate of drug-likeness (QED) is 0.275. The summed E-state index contributed by atoms with van der Waals surface area (Å²) in [4.78, 5) is 43.1. The average Bonchev–Trinajstić information content (AvgIpc) is 2.83. The molecule has 9 nitrogen and oxygen atoms in total. The molecule has 13 heteroatoms. The lowest BCUT2D eigenvalue weighted by atomic mass is 10.1. The number of carbonyl (C=O) groups is 1. The standard InChI is InChI=1S/C23H21F3N4O5S/c1-28(2)15-5-3-13(4-6-15)21(32)35-16-7-9-29(10-8-16)22-27-20(31)17-11-14(23(24,25)26)12-18(30(33)34)19(17)36-22/h3-6,11-12,16H,7-10H2,1-2H3. The summed E-state index contributed by atoms with van der Waals surface area (Å²) >= 11 is 0.792. The number of ether oxygens (including phenoxy) is 1. The number of fused-ring (bicyclic) bond motifs is 1. The van der Waals surface area contributed by atoms with Crippen LogP contribution < -0.4 is 15.4 Å². The second kappa shape index (κ2) is 9.72. The molecule has 0 radical (unpaired) electrons. The summed E-state index contributed by atoms with van der Waals surface area (Å²) in [7, 11) is 3.78. The smallest absolute Gasteiger partial charge is 0.416 e. The van der Waals surface area contributed by atoms with E-state index in [1.165, 1.54) is 0 Å². The van der Waals surface area contributed by atoms with Crippen LogP contribution in [0.5, 0.6) is 0 Å². The first-order valence-corrected chi connectivity index (χ1v) is 11.7. The SMILES string of the molecule is CN(C)c1ccc(C(=O)OC2CCN(c3nc(=O)c4cc(C(F)(F)F)cc([N+](=O)[O-])c4s3)CC2)cc1. The van der Waals surface area contributed by atoms with Crippen molar-refractivity contribution in [3.63, 3.8) is 0 Å². The van der Waals surface area contributed by atoms with Gasteiger partial charge in [-0.2, -0.15) is 18.2 Å². The Bertz CT molecular complexity index is 1370. The number of nitro benzene ring substituents is 1. The Morgan fingerprint density at radius 3 is 2.39 bits per heavy atom. The number of non-ortho nitro benzene ring substituents is 1. The van der Waals surface area contributed by atoms with Gasteiger partial charge >= 0.3 is 12.1 Å². The highest BCUT2D eigenvalue weighted by Gasteiger charge is 2.34. The molecular weight excluding hydrogens is 501 g/mol. The van der Waals surface area contributed by atoms with E-state index in [9.17, 15) is 32.9 Å². The number of alkyl halides is 3. The number of rotatable bonds is 5. The van der Waals surface area contributed by atoms with Gasteiger partial charge in [-0.05, 0) is 30.3 Å². The van der Waals surface area contributed by atoms with E-state index in [4.69, 9.17) is 4.74 Å². The van der Waals surface area contributed by atoms with Gasteiger partial charge in [0.05, 0.1) is 21.4 Å². The maximum atomic E-state index is 13.2. The third-order valence-electron chi connectivity index (χ3n) is 5.82. The molecule has 4 rings (SSSR count). The maximum Gasteiger partial charge on any atom is 0.416 e. The van der Waals surface area contributed by atoms with E-state index in [0.29, 0.717) is 43.6 Å². The zero-order valence-electron chi connectivity index (χ0n) is 19.2. The van der Waals surface area contributed by atoms with Gasteiger partial charge in [-0.3, -0.25) is 14.9 Å². The molecule has 0 saturated carbocycles. The van der Waals surface area contributed by atoms with Crippen LogP contribution in [0.25, 0.3) is 10.1 Å². The number of esters is 1. The van der Waals surface area contributed by atoms with Crippen molar-refractivity contribution in [2.24, 2.45) is 0 Å². The molecule has 0 unspecified atom stereocenters. The van der Waals surface area contributed by atoms with E-state index in [0.717, 1.165) is 17.0 Å². The molecule has 0 aliphatic carbocycles. The first-order valence-electron chi connectivity index (χ1n) is 10.9. The number of nitro groups is 1. The van der Waals surface area contributed by atoms with E-state index < -0.39 is 39.3 Å². The predicted molar refractivity (Wildman–Crippen MR) is 129 cm³/mol. The minimum Gasteiger partial charge on any atom is -0.459 e. The largest absolute Gasteiger partial charge is 0.459 e. The Morgan fingerprint density at radius 1 is 1.19 bits per heavy atom. The van der Waals surface area contributed by atoms with E-state index in [2.05, 4.69) is 4.98 Å². The number of nitrogens with zero attached hydrogens (tertiary/aromatic N) is 4. The number of piperidine rings is 1. The summed E-state index contributed by atoms with van der Waals surface area (Å²) in [6, 6.07) is 8.00. The Morgan fingerprint density at radius 2 is 1.83 bits per heavy atom. The van der Waals surface area contributed by atoms with Gasteiger partial charge < -0.3 is 14.5 Å². The number of carbonyl (C=O) groups excluding carboxylic acids is 1. The van der Waals surface area contributed by atoms with Crippen molar-refractivity contribution < 1.29 is 27.6 Å². The second-order valence-electron chi connectivity index (χ2n) is 8.46. The van der Waals surface area contributed by atoms with E-state index in [-0.39, 0.29) is 15.9 Å². The van der Waals surface area contributed by atoms with E-state index >= 15 is 0 Å². The Hall–Kier alpha value is -3.74. The monoisotopic (exact) mass is 522 g/mol. The van der Waals surface area contributed by atoms with Crippen LogP contribution in [0.3, 0.4) is 0 Å². The molecule has 1 aromatic heterocycles. The maximum absolute atomic E-state index is 13.2. The van der Waals surface area contributed by atoms with Crippen molar-refractivity contribution >= 4 is 43.9 Å². The molecule has 1 aliphatic rings. The fraction of sp³-hybridized carbons (Fsp3) is 0.348. The molecule has 0 spiro atoms. The normalized spacial score (nSPS) is 14.6. The van der Waals surface area contributed by atoms with Gasteiger partial charge in [0.1, 0.15) is 10.8 Å². The highest BCUT2D eigenvalue weighted by atomic mass is 32.1. The van der Waals surface area contributed by atoms with Crippen LogP contribution in [0.15, 0.2) is 41.2 Å². The first kappa shape index (κ1) is 25.4. The lowest BCUT2D eigenvalue weighted by Gasteiger charge is -2.31. The molecule has 1 saturated heterocycles. The molecule has 36 heavy (non-hydrogen) atoms. The molecule has 2 aromatic carbocycles. The zero-order chi connectivity index (χ0) is 26.2. The molecule has 3 aromatic rings. The Balaban J connectivity index is 1.50. The molecule has 2 heterocycles. The van der Waals surface area contributed by atoms with Crippen molar-refractivity contribution in [3.05, 3.63) is 68.0 Å². The molecule has 0 N–H and O–H groups in total. The number of halogens is 3. The number of anilines is 2. The van der Waals surface area contributed by atoms with Crippen LogP contribution in [0.2, 0.25) is 0 Å². The van der Waals surface area contributed by atoms with Crippen LogP contribution in [0, 0.1) is 10.1 Å². The minimum absolute atomic E-state index is 0.166. The molecule has 0 bridgehead atoms. The van der Waals surface area contributed by atoms with Gasteiger partial charge in [0, 0.05) is 51.8 Å². The van der Waals surface area contributed by atoms with Gasteiger partial charge in [0.15, 0.2) is 5.13 Å². The van der Waals surface area contributed by atoms with Gasteiger partial charge in [0.25, 0.3) is 11.2 Å². The highest BCUT2D eigenvalue weighted by molar-refractivity contribution is 7.22. The average molecular weight is 523 g/mol. The van der Waals surface area contributed by atoms with Crippen molar-refractivity contribution in [1.29, 1.82) is 0 Å². The topological polar surface area (TPSA) is 106 Å². The third-order valence-corrected chi connectivity index (χ3v) is 6.99. The van der Waals surface area contributed by atoms with Crippen molar-refractivity contribution in [3.8, 4) is 0 Å². The summed E-state index contributed by atoms with van der Waals surface area (Å²) < 4.78 is 44.9. The summed E-state index contributed by atoms with van der Waals surface area (Å²) in [6.07, 6.45) is -4.36. The van der Waals surface area contributed by atoms with Crippen molar-refractivity contribution in [2.45, 2.75) is 25.1 Å². The van der Waals surface area contributed by atoms with Crippen LogP contribution in [0.4, 0.5) is 29.7 Å². The predicted octanol–water partition coefficient (Wildman–Crippen LogP) is 4.48. The van der Waals surface area contributed by atoms with Crippen LogP contribution in [-0.2, 0) is 10.9 Å².